The van der Waals surface area contributed by atoms with E-state index in [-0.39, 0.29) is 38.4 Å². The summed E-state index contributed by atoms with van der Waals surface area (Å²) in [7, 11) is 6.26. The highest BCUT2D eigenvalue weighted by molar-refractivity contribution is 5.96. The second-order valence-corrected chi connectivity index (χ2v) is 12.3. The van der Waals surface area contributed by atoms with Crippen molar-refractivity contribution >= 4 is 35.6 Å². The van der Waals surface area contributed by atoms with E-state index >= 15 is 0 Å². The van der Waals surface area contributed by atoms with Gasteiger partial charge in [0.2, 0.25) is 23.6 Å². The number of unbranched alkanes of at least 4 members (excludes halogenated alkanes) is 1. The van der Waals surface area contributed by atoms with E-state index in [0.29, 0.717) is 25.7 Å². The molecule has 43 heavy (non-hydrogen) atoms. The number of amides is 4. The number of quaternary nitrogens is 1. The SMILES string of the molecule is C[N+](C)(C)CCCC[C@H](N)C(=O)N[C@@H](CCCN=C(N)N)C(=O)N1CCC[C@H]1C(=O)N1C[C@H](O)C[C@H]1C(=O)NCC(=O)O. The lowest BCUT2D eigenvalue weighted by atomic mass is 10.1. The first kappa shape index (κ1) is 35.7. The van der Waals surface area contributed by atoms with Crippen molar-refractivity contribution in [2.45, 2.75) is 81.6 Å². The zero-order valence-corrected chi connectivity index (χ0v) is 25.5. The van der Waals surface area contributed by atoms with Crippen molar-refractivity contribution in [2.75, 3.05) is 53.9 Å². The second kappa shape index (κ2) is 16.4. The number of carboxylic acid groups (broad SMARTS) is 1. The monoisotopic (exact) mass is 612 g/mol. The Bertz CT molecular complexity index is 1030. The molecule has 0 aromatic carbocycles. The summed E-state index contributed by atoms with van der Waals surface area (Å²) in [6, 6.07) is -3.77. The predicted octanol–water partition coefficient (Wildman–Crippen LogP) is -3.12. The molecule has 2 aliphatic heterocycles. The Labute approximate surface area is 252 Å². The van der Waals surface area contributed by atoms with Crippen molar-refractivity contribution in [1.82, 2.24) is 20.4 Å². The van der Waals surface area contributed by atoms with Crippen LogP contribution < -0.4 is 27.8 Å². The van der Waals surface area contributed by atoms with Crippen molar-refractivity contribution in [3.8, 4) is 0 Å². The molecule has 0 aromatic heterocycles. The first-order chi connectivity index (χ1) is 20.1. The first-order valence-corrected chi connectivity index (χ1v) is 14.8. The van der Waals surface area contributed by atoms with Gasteiger partial charge in [0.15, 0.2) is 5.96 Å². The zero-order chi connectivity index (χ0) is 32.3. The van der Waals surface area contributed by atoms with Gasteiger partial charge in [-0.05, 0) is 44.9 Å². The number of guanidine groups is 1. The van der Waals surface area contributed by atoms with Crippen LogP contribution in [0.25, 0.3) is 0 Å². The number of hydrogen-bond donors (Lipinski definition) is 7. The molecule has 4 amide bonds. The van der Waals surface area contributed by atoms with Crippen LogP contribution in [0.15, 0.2) is 4.99 Å². The van der Waals surface area contributed by atoms with E-state index in [1.807, 2.05) is 0 Å². The number of nitrogens with one attached hydrogen (secondary N) is 2. The zero-order valence-electron chi connectivity index (χ0n) is 25.5. The molecule has 0 unspecified atom stereocenters. The highest BCUT2D eigenvalue weighted by Crippen LogP contribution is 2.26. The summed E-state index contributed by atoms with van der Waals surface area (Å²) in [4.78, 5) is 70.5. The molecule has 0 spiro atoms. The molecule has 0 saturated carbocycles. The molecular formula is C27H50N9O7+. The third-order valence-electron chi connectivity index (χ3n) is 7.59. The van der Waals surface area contributed by atoms with Gasteiger partial charge in [0, 0.05) is 26.1 Å². The minimum absolute atomic E-state index is 0.0476. The van der Waals surface area contributed by atoms with Gasteiger partial charge >= 0.3 is 5.97 Å². The Kier molecular flexibility index (Phi) is 13.6. The average Bonchev–Trinajstić information content (AvgIpc) is 3.56. The van der Waals surface area contributed by atoms with Crippen molar-refractivity contribution in [2.24, 2.45) is 22.2 Å². The van der Waals surface area contributed by atoms with Gasteiger partial charge in [-0.15, -0.1) is 0 Å². The molecule has 0 aromatic rings. The lowest BCUT2D eigenvalue weighted by Crippen LogP contribution is -2.57. The molecular weight excluding hydrogens is 562 g/mol. The largest absolute Gasteiger partial charge is 0.480 e. The number of carbonyl (C=O) groups is 5. The number of nitrogens with zero attached hydrogens (tertiary/aromatic N) is 4. The van der Waals surface area contributed by atoms with E-state index in [1.54, 1.807) is 0 Å². The molecule has 2 rings (SSSR count). The van der Waals surface area contributed by atoms with Crippen LogP contribution in [0.5, 0.6) is 0 Å². The van der Waals surface area contributed by atoms with Crippen molar-refractivity contribution in [3.63, 3.8) is 0 Å². The molecule has 16 heteroatoms. The summed E-state index contributed by atoms with van der Waals surface area (Å²) in [6.45, 7) is 0.685. The summed E-state index contributed by atoms with van der Waals surface area (Å²) in [5, 5.41) is 24.1. The first-order valence-electron chi connectivity index (χ1n) is 14.8. The van der Waals surface area contributed by atoms with Crippen molar-refractivity contribution < 1.29 is 38.7 Å². The van der Waals surface area contributed by atoms with E-state index in [9.17, 15) is 29.1 Å². The van der Waals surface area contributed by atoms with E-state index in [0.717, 1.165) is 23.9 Å². The fourth-order valence-corrected chi connectivity index (χ4v) is 5.39. The Hall–Kier alpha value is -3.50. The Balaban J connectivity index is 2.13. The van der Waals surface area contributed by atoms with Gasteiger partial charge in [0.1, 0.15) is 24.7 Å². The minimum atomic E-state index is -1.24. The fourth-order valence-electron chi connectivity index (χ4n) is 5.39. The maximum atomic E-state index is 13.8. The van der Waals surface area contributed by atoms with E-state index < -0.39 is 66.4 Å². The quantitative estimate of drug-likeness (QED) is 0.0400. The number of aliphatic hydroxyl groups excluding tert-OH is 1. The number of carbonyl (C=O) groups excluding carboxylic acids is 4. The molecule has 5 atom stereocenters. The van der Waals surface area contributed by atoms with Gasteiger partial charge in [0.05, 0.1) is 39.8 Å². The molecule has 2 heterocycles. The van der Waals surface area contributed by atoms with Crippen LogP contribution in [0, 0.1) is 0 Å². The van der Waals surface area contributed by atoms with Crippen LogP contribution >= 0.6 is 0 Å². The number of nitrogens with two attached hydrogens (primary N) is 3. The maximum absolute atomic E-state index is 13.8. The van der Waals surface area contributed by atoms with Crippen LogP contribution in [0.1, 0.15) is 51.4 Å². The Morgan fingerprint density at radius 1 is 1.02 bits per heavy atom. The molecule has 2 fully saturated rings. The van der Waals surface area contributed by atoms with E-state index in [2.05, 4.69) is 36.8 Å². The van der Waals surface area contributed by atoms with Gasteiger partial charge in [-0.2, -0.15) is 0 Å². The lowest BCUT2D eigenvalue weighted by molar-refractivity contribution is -0.870. The van der Waals surface area contributed by atoms with Crippen LogP contribution in [-0.4, -0.2) is 144 Å². The summed E-state index contributed by atoms with van der Waals surface area (Å²) < 4.78 is 0.799. The van der Waals surface area contributed by atoms with Gasteiger partial charge in [0.25, 0.3) is 0 Å². The molecule has 2 saturated heterocycles. The third-order valence-corrected chi connectivity index (χ3v) is 7.59. The number of aliphatic imine (C=N–C) groups is 1. The molecule has 10 N–H and O–H groups in total. The summed E-state index contributed by atoms with van der Waals surface area (Å²) >= 11 is 0. The lowest BCUT2D eigenvalue weighted by Gasteiger charge is -2.33. The van der Waals surface area contributed by atoms with Crippen molar-refractivity contribution in [1.29, 1.82) is 0 Å². The van der Waals surface area contributed by atoms with Crippen LogP contribution in [0.4, 0.5) is 0 Å². The summed E-state index contributed by atoms with van der Waals surface area (Å²) in [6.07, 6.45) is 2.52. The second-order valence-electron chi connectivity index (χ2n) is 12.3. The average molecular weight is 613 g/mol. The number of rotatable bonds is 16. The van der Waals surface area contributed by atoms with Crippen LogP contribution in [-0.2, 0) is 24.0 Å². The van der Waals surface area contributed by atoms with Crippen LogP contribution in [0.2, 0.25) is 0 Å². The van der Waals surface area contributed by atoms with Gasteiger partial charge in [-0.25, -0.2) is 0 Å². The van der Waals surface area contributed by atoms with Gasteiger partial charge in [-0.1, -0.05) is 0 Å². The number of hydrogen-bond acceptors (Lipinski definition) is 8. The number of aliphatic carboxylic acids is 1. The fraction of sp³-hybridized carbons (Fsp3) is 0.778. The molecule has 0 aliphatic carbocycles. The normalized spacial score (nSPS) is 21.7. The topological polar surface area (TPSA) is 247 Å². The summed E-state index contributed by atoms with van der Waals surface area (Å²) in [5.74, 6) is -3.47. The number of β-amino-alcohol motifs (C(OH)–C–C–N with tert-alkyl or cyclic N) is 1. The summed E-state index contributed by atoms with van der Waals surface area (Å²) in [5.41, 5.74) is 17.0. The standard InChI is InChI=1S/C27H49N9O7/c1-36(2,3)13-5-4-8-18(28)23(40)33-19(9-6-11-31-27(29)30)25(42)34-12-7-10-20(34)26(43)35-16-17(37)14-21(35)24(41)32-15-22(38)39/h17-21,37H,4-16,28H2,1-3H3,(H6-,29,30,31,32,33,38,39,40,41)/p+1/t17-,18+,19+,20+,21+/m1/s1. The minimum Gasteiger partial charge on any atom is -0.480 e. The molecule has 2 aliphatic rings. The van der Waals surface area contributed by atoms with Gasteiger partial charge in [-0.3, -0.25) is 29.0 Å². The molecule has 0 radical (unpaired) electrons. The number of aliphatic hydroxyl groups is 1. The van der Waals surface area contributed by atoms with Gasteiger partial charge < -0.3 is 52.3 Å². The number of likely N-dealkylation sites (tertiary alicyclic amines) is 2. The highest BCUT2D eigenvalue weighted by atomic mass is 16.4. The highest BCUT2D eigenvalue weighted by Gasteiger charge is 2.45. The number of carboxylic acids is 1. The maximum Gasteiger partial charge on any atom is 0.322 e. The Morgan fingerprint density at radius 3 is 2.35 bits per heavy atom. The molecule has 16 nitrogen and oxygen atoms in total. The van der Waals surface area contributed by atoms with Crippen LogP contribution in [0.3, 0.4) is 0 Å². The smallest absolute Gasteiger partial charge is 0.322 e. The molecule has 244 valence electrons. The third kappa shape index (κ3) is 11.6. The van der Waals surface area contributed by atoms with E-state index in [4.69, 9.17) is 22.3 Å². The Morgan fingerprint density at radius 2 is 1.72 bits per heavy atom. The van der Waals surface area contributed by atoms with E-state index in [1.165, 1.54) is 9.80 Å². The molecule has 0 bridgehead atoms. The van der Waals surface area contributed by atoms with Crippen molar-refractivity contribution in [3.05, 3.63) is 0 Å². The predicted molar refractivity (Wildman–Crippen MR) is 158 cm³/mol.